The van der Waals surface area contributed by atoms with Gasteiger partial charge in [-0.15, -0.1) is 0 Å². The van der Waals surface area contributed by atoms with Gasteiger partial charge in [-0.05, 0) is 68.2 Å². The first-order valence-corrected chi connectivity index (χ1v) is 13.1. The average Bonchev–Trinajstić information content (AvgIpc) is 3.36. The van der Waals surface area contributed by atoms with Crippen molar-refractivity contribution in [3.63, 3.8) is 0 Å². The SMILES string of the molecule is C=C/C=C(\C=C/C)Cn1c(=O)cc(NC2CCN(Cc3ccc4occc4c3)CC2)c2cc(C)ccc21. The van der Waals surface area contributed by atoms with Crippen molar-refractivity contribution < 1.29 is 4.42 Å². The molecule has 2 aromatic heterocycles. The Balaban J connectivity index is 1.32. The number of furan rings is 1. The van der Waals surface area contributed by atoms with Gasteiger partial charge in [0.05, 0.1) is 18.3 Å². The molecule has 5 rings (SSSR count). The molecule has 0 saturated carbocycles. The van der Waals surface area contributed by atoms with Crippen molar-refractivity contribution in [1.29, 1.82) is 0 Å². The number of fused-ring (bicyclic) bond motifs is 2. The van der Waals surface area contributed by atoms with Crippen molar-refractivity contribution in [2.75, 3.05) is 18.4 Å². The summed E-state index contributed by atoms with van der Waals surface area (Å²) < 4.78 is 7.33. The lowest BCUT2D eigenvalue weighted by Gasteiger charge is -2.33. The van der Waals surface area contributed by atoms with E-state index in [2.05, 4.69) is 60.1 Å². The fraction of sp³-hybridized carbons (Fsp3) is 0.281. The summed E-state index contributed by atoms with van der Waals surface area (Å²) in [5.41, 5.74) is 6.36. The fourth-order valence-electron chi connectivity index (χ4n) is 5.32. The van der Waals surface area contributed by atoms with Crippen molar-refractivity contribution in [2.24, 2.45) is 0 Å². The average molecular weight is 494 g/mol. The van der Waals surface area contributed by atoms with Gasteiger partial charge in [-0.1, -0.05) is 48.6 Å². The first-order valence-electron chi connectivity index (χ1n) is 13.1. The molecule has 5 heteroatoms. The maximum absolute atomic E-state index is 13.3. The quantitative estimate of drug-likeness (QED) is 0.274. The first kappa shape index (κ1) is 24.8. The summed E-state index contributed by atoms with van der Waals surface area (Å²) in [4.78, 5) is 15.8. The van der Waals surface area contributed by atoms with Crippen LogP contribution in [0, 0.1) is 6.92 Å². The minimum absolute atomic E-state index is 0.00499. The summed E-state index contributed by atoms with van der Waals surface area (Å²) in [7, 11) is 0. The number of nitrogens with one attached hydrogen (secondary N) is 1. The highest BCUT2D eigenvalue weighted by Crippen LogP contribution is 2.27. The molecule has 37 heavy (non-hydrogen) atoms. The predicted octanol–water partition coefficient (Wildman–Crippen LogP) is 6.82. The Labute approximate surface area is 218 Å². The van der Waals surface area contributed by atoms with E-state index in [1.54, 1.807) is 18.4 Å². The number of likely N-dealkylation sites (tertiary alicyclic amines) is 1. The van der Waals surface area contributed by atoms with Crippen LogP contribution in [0.1, 0.15) is 30.9 Å². The Bertz CT molecular complexity index is 1530. The largest absolute Gasteiger partial charge is 0.464 e. The van der Waals surface area contributed by atoms with Gasteiger partial charge in [0, 0.05) is 48.2 Å². The van der Waals surface area contributed by atoms with Crippen LogP contribution in [-0.2, 0) is 13.1 Å². The van der Waals surface area contributed by atoms with Crippen molar-refractivity contribution >= 4 is 27.6 Å². The third-order valence-electron chi connectivity index (χ3n) is 7.19. The Morgan fingerprint density at radius 1 is 1.14 bits per heavy atom. The number of aromatic nitrogens is 1. The van der Waals surface area contributed by atoms with Crippen LogP contribution in [0.5, 0.6) is 0 Å². The predicted molar refractivity (Wildman–Crippen MR) is 154 cm³/mol. The molecule has 1 saturated heterocycles. The molecule has 2 aromatic carbocycles. The third kappa shape index (κ3) is 5.62. The fourth-order valence-corrected chi connectivity index (χ4v) is 5.32. The molecule has 1 fully saturated rings. The minimum atomic E-state index is 0.00499. The number of pyridine rings is 1. The summed E-state index contributed by atoms with van der Waals surface area (Å²) in [6.45, 7) is 11.4. The number of hydrogen-bond acceptors (Lipinski definition) is 4. The van der Waals surface area contributed by atoms with Crippen LogP contribution in [0.25, 0.3) is 21.9 Å². The second-order valence-electron chi connectivity index (χ2n) is 9.97. The van der Waals surface area contributed by atoms with Crippen molar-refractivity contribution in [2.45, 2.75) is 45.8 Å². The van der Waals surface area contributed by atoms with Gasteiger partial charge < -0.3 is 14.3 Å². The molecule has 4 aromatic rings. The monoisotopic (exact) mass is 493 g/mol. The molecule has 0 amide bonds. The zero-order valence-corrected chi connectivity index (χ0v) is 21.7. The number of nitrogens with zero attached hydrogens (tertiary/aromatic N) is 2. The molecule has 1 N–H and O–H groups in total. The Hall–Kier alpha value is -3.83. The lowest BCUT2D eigenvalue weighted by Crippen LogP contribution is -2.39. The molecule has 190 valence electrons. The maximum atomic E-state index is 13.3. The van der Waals surface area contributed by atoms with Gasteiger partial charge in [0.1, 0.15) is 5.58 Å². The summed E-state index contributed by atoms with van der Waals surface area (Å²) in [6.07, 6.45) is 11.6. The van der Waals surface area contributed by atoms with Crippen molar-refractivity contribution in [3.05, 3.63) is 113 Å². The van der Waals surface area contributed by atoms with Gasteiger partial charge in [0.25, 0.3) is 5.56 Å². The van der Waals surface area contributed by atoms with E-state index in [9.17, 15) is 4.79 Å². The van der Waals surface area contributed by atoms with Crippen LogP contribution in [-0.4, -0.2) is 28.6 Å². The standard InChI is InChI=1S/C32H35N3O2/c1-4-6-24(7-5-2)22-35-30-10-8-23(3)18-28(30)29(20-32(35)36)33-27-12-15-34(16-13-27)21-25-9-11-31-26(19-25)14-17-37-31/h4-11,14,17-20,27,33H,1,12-13,15-16,21-22H2,2-3H3/b7-5-,24-6+. The lowest BCUT2D eigenvalue weighted by atomic mass is 10.0. The molecule has 0 bridgehead atoms. The highest BCUT2D eigenvalue weighted by Gasteiger charge is 2.21. The molecule has 0 aliphatic carbocycles. The molecule has 0 atom stereocenters. The number of anilines is 1. The minimum Gasteiger partial charge on any atom is -0.464 e. The molecular formula is C32H35N3O2. The van der Waals surface area contributed by atoms with E-state index in [4.69, 9.17) is 4.42 Å². The molecule has 1 aliphatic rings. The van der Waals surface area contributed by atoms with E-state index in [1.165, 1.54) is 11.1 Å². The first-order chi connectivity index (χ1) is 18.0. The van der Waals surface area contributed by atoms with Gasteiger partial charge in [-0.3, -0.25) is 9.69 Å². The number of rotatable bonds is 8. The summed E-state index contributed by atoms with van der Waals surface area (Å²) >= 11 is 0. The third-order valence-corrected chi connectivity index (χ3v) is 7.19. The van der Waals surface area contributed by atoms with Crippen molar-refractivity contribution in [3.8, 4) is 0 Å². The summed E-state index contributed by atoms with van der Waals surface area (Å²) in [6, 6.07) is 16.9. The Morgan fingerprint density at radius 2 is 1.97 bits per heavy atom. The highest BCUT2D eigenvalue weighted by molar-refractivity contribution is 5.92. The van der Waals surface area contributed by atoms with Crippen LogP contribution in [0.3, 0.4) is 0 Å². The zero-order chi connectivity index (χ0) is 25.8. The van der Waals surface area contributed by atoms with Gasteiger partial charge in [0.2, 0.25) is 0 Å². The van der Waals surface area contributed by atoms with Gasteiger partial charge in [-0.2, -0.15) is 0 Å². The van der Waals surface area contributed by atoms with E-state index in [1.807, 2.05) is 35.8 Å². The number of allylic oxidation sites excluding steroid dienone is 5. The van der Waals surface area contributed by atoms with Crippen LogP contribution in [0.15, 0.2) is 100 Å². The van der Waals surface area contributed by atoms with Gasteiger partial charge in [-0.25, -0.2) is 0 Å². The molecule has 0 radical (unpaired) electrons. The molecule has 0 spiro atoms. The second kappa shape index (κ2) is 11.1. The molecular weight excluding hydrogens is 458 g/mol. The summed E-state index contributed by atoms with van der Waals surface area (Å²) in [5, 5.41) is 5.98. The van der Waals surface area contributed by atoms with Crippen LogP contribution in [0.2, 0.25) is 0 Å². The van der Waals surface area contributed by atoms with Crippen LogP contribution >= 0.6 is 0 Å². The Kier molecular flexibility index (Phi) is 7.42. The Morgan fingerprint density at radius 3 is 2.76 bits per heavy atom. The lowest BCUT2D eigenvalue weighted by molar-refractivity contribution is 0.211. The normalized spacial score (nSPS) is 15.7. The maximum Gasteiger partial charge on any atom is 0.253 e. The van der Waals surface area contributed by atoms with Crippen LogP contribution < -0.4 is 10.9 Å². The van der Waals surface area contributed by atoms with Gasteiger partial charge in [0.15, 0.2) is 0 Å². The van der Waals surface area contributed by atoms with Crippen LogP contribution in [0.4, 0.5) is 5.69 Å². The highest BCUT2D eigenvalue weighted by atomic mass is 16.3. The zero-order valence-electron chi connectivity index (χ0n) is 21.7. The van der Waals surface area contributed by atoms with Crippen molar-refractivity contribution in [1.82, 2.24) is 9.47 Å². The molecule has 5 nitrogen and oxygen atoms in total. The van der Waals surface area contributed by atoms with E-state index in [-0.39, 0.29) is 5.56 Å². The number of hydrogen-bond donors (Lipinski definition) is 1. The number of aryl methyl sites for hydroxylation is 1. The summed E-state index contributed by atoms with van der Waals surface area (Å²) in [5.74, 6) is 0. The van der Waals surface area contributed by atoms with E-state index >= 15 is 0 Å². The topological polar surface area (TPSA) is 50.4 Å². The van der Waals surface area contributed by atoms with Gasteiger partial charge >= 0.3 is 0 Å². The number of benzene rings is 2. The van der Waals surface area contributed by atoms with E-state index < -0.39 is 0 Å². The molecule has 1 aliphatic heterocycles. The molecule has 3 heterocycles. The van der Waals surface area contributed by atoms with E-state index in [0.717, 1.165) is 65.6 Å². The number of piperidine rings is 1. The second-order valence-corrected chi connectivity index (χ2v) is 9.97. The van der Waals surface area contributed by atoms with E-state index in [0.29, 0.717) is 12.6 Å². The smallest absolute Gasteiger partial charge is 0.253 e. The molecule has 0 unspecified atom stereocenters.